The van der Waals surface area contributed by atoms with Crippen LogP contribution in [0, 0.1) is 10.8 Å². The van der Waals surface area contributed by atoms with E-state index in [1.54, 1.807) is 7.11 Å². The molecule has 0 N–H and O–H groups in total. The van der Waals surface area contributed by atoms with Gasteiger partial charge in [0, 0.05) is 25.0 Å². The standard InChI is InChI=1S/C20H26ClNO6/c1-22-7-6-18-9-11(23)15(26-3)17(28-5)19(18,22)10-13(21)20(18)14(24)8-12(25-2)16(20)27-4/h8,13,16H,6-7,9-10H2,1-5H3/t13-,16+,18+,19+,20+/m0/s1. The second-order valence-corrected chi connectivity index (χ2v) is 8.58. The van der Waals surface area contributed by atoms with Gasteiger partial charge in [-0.1, -0.05) is 0 Å². The molecular weight excluding hydrogens is 386 g/mol. The van der Waals surface area contributed by atoms with E-state index in [1.165, 1.54) is 27.4 Å². The van der Waals surface area contributed by atoms with Crippen molar-refractivity contribution in [1.82, 2.24) is 4.90 Å². The van der Waals surface area contributed by atoms with Gasteiger partial charge in [0.2, 0.25) is 11.5 Å². The number of likely N-dealkylation sites (N-methyl/N-ethyl adjacent to an activating group) is 1. The lowest BCUT2D eigenvalue weighted by Crippen LogP contribution is -2.63. The molecule has 0 bridgehead atoms. The van der Waals surface area contributed by atoms with E-state index in [4.69, 9.17) is 30.5 Å². The normalized spacial score (nSPS) is 42.7. The first-order chi connectivity index (χ1) is 13.3. The van der Waals surface area contributed by atoms with Gasteiger partial charge in [0.05, 0.1) is 37.7 Å². The molecule has 7 nitrogen and oxygen atoms in total. The quantitative estimate of drug-likeness (QED) is 0.651. The van der Waals surface area contributed by atoms with Gasteiger partial charge in [-0.15, -0.1) is 11.6 Å². The molecule has 0 aromatic carbocycles. The maximum atomic E-state index is 13.6. The number of halogens is 1. The number of alkyl halides is 1. The van der Waals surface area contributed by atoms with Gasteiger partial charge in [-0.2, -0.15) is 0 Å². The molecule has 0 aromatic heterocycles. The van der Waals surface area contributed by atoms with E-state index in [0.717, 1.165) is 0 Å². The second kappa shape index (κ2) is 6.21. The van der Waals surface area contributed by atoms with E-state index in [1.807, 2.05) is 7.05 Å². The van der Waals surface area contributed by atoms with Gasteiger partial charge >= 0.3 is 0 Å². The summed E-state index contributed by atoms with van der Waals surface area (Å²) in [7, 11) is 8.06. The molecule has 1 saturated heterocycles. The Bertz CT molecular complexity index is 809. The number of Topliss-reactive ketones (excluding diaryl/α,β-unsaturated/α-hetero) is 1. The lowest BCUT2D eigenvalue weighted by Gasteiger charge is -2.53. The fourth-order valence-corrected chi connectivity index (χ4v) is 7.35. The molecule has 0 radical (unpaired) electrons. The highest BCUT2D eigenvalue weighted by Gasteiger charge is 2.84. The lowest BCUT2D eigenvalue weighted by molar-refractivity contribution is -0.151. The van der Waals surface area contributed by atoms with E-state index in [2.05, 4.69) is 4.90 Å². The maximum Gasteiger partial charge on any atom is 0.201 e. The molecule has 0 amide bonds. The summed E-state index contributed by atoms with van der Waals surface area (Å²) >= 11 is 7.01. The Morgan fingerprint density at radius 2 is 1.86 bits per heavy atom. The number of carbonyl (C=O) groups is 2. The number of allylic oxidation sites excluding steroid dienone is 2. The number of hydrogen-bond acceptors (Lipinski definition) is 7. The van der Waals surface area contributed by atoms with Gasteiger partial charge in [-0.3, -0.25) is 14.5 Å². The third kappa shape index (κ3) is 1.80. The Labute approximate surface area is 169 Å². The molecule has 1 aliphatic heterocycles. The molecule has 4 aliphatic rings. The van der Waals surface area contributed by atoms with E-state index >= 15 is 0 Å². The van der Waals surface area contributed by atoms with Crippen LogP contribution >= 0.6 is 11.6 Å². The van der Waals surface area contributed by atoms with Crippen molar-refractivity contribution in [3.8, 4) is 0 Å². The first-order valence-corrected chi connectivity index (χ1v) is 9.80. The summed E-state index contributed by atoms with van der Waals surface area (Å²) in [4.78, 5) is 28.9. The highest BCUT2D eigenvalue weighted by Crippen LogP contribution is 2.75. The smallest absolute Gasteiger partial charge is 0.201 e. The summed E-state index contributed by atoms with van der Waals surface area (Å²) in [5.41, 5.74) is -2.62. The van der Waals surface area contributed by atoms with Crippen LogP contribution in [0.3, 0.4) is 0 Å². The van der Waals surface area contributed by atoms with Crippen molar-refractivity contribution in [2.45, 2.75) is 36.3 Å². The van der Waals surface area contributed by atoms with Gasteiger partial charge < -0.3 is 18.9 Å². The van der Waals surface area contributed by atoms with Crippen molar-refractivity contribution < 1.29 is 28.5 Å². The van der Waals surface area contributed by atoms with Gasteiger partial charge in [0.25, 0.3) is 0 Å². The number of ketones is 2. The van der Waals surface area contributed by atoms with Crippen LogP contribution in [0.5, 0.6) is 0 Å². The molecular formula is C20H26ClNO6. The van der Waals surface area contributed by atoms with Gasteiger partial charge in [-0.05, 0) is 26.4 Å². The Morgan fingerprint density at radius 1 is 1.14 bits per heavy atom. The van der Waals surface area contributed by atoms with Crippen LogP contribution < -0.4 is 0 Å². The van der Waals surface area contributed by atoms with Crippen LogP contribution in [0.25, 0.3) is 0 Å². The van der Waals surface area contributed by atoms with Crippen molar-refractivity contribution in [1.29, 1.82) is 0 Å². The first kappa shape index (κ1) is 19.7. The maximum absolute atomic E-state index is 13.6. The van der Waals surface area contributed by atoms with Crippen molar-refractivity contribution in [3.05, 3.63) is 23.4 Å². The third-order valence-corrected chi connectivity index (χ3v) is 8.11. The Kier molecular flexibility index (Phi) is 4.38. The lowest BCUT2D eigenvalue weighted by atomic mass is 9.52. The van der Waals surface area contributed by atoms with Crippen LogP contribution in [-0.4, -0.2) is 75.5 Å². The summed E-state index contributed by atoms with van der Waals surface area (Å²) in [6.07, 6.45) is 2.05. The zero-order valence-electron chi connectivity index (χ0n) is 16.8. The summed E-state index contributed by atoms with van der Waals surface area (Å²) in [5, 5.41) is -0.564. The van der Waals surface area contributed by atoms with Crippen molar-refractivity contribution in [2.24, 2.45) is 10.8 Å². The molecule has 8 heteroatoms. The van der Waals surface area contributed by atoms with Crippen LogP contribution in [-0.2, 0) is 28.5 Å². The van der Waals surface area contributed by atoms with Crippen molar-refractivity contribution >= 4 is 23.2 Å². The fraction of sp³-hybridized carbons (Fsp3) is 0.700. The highest BCUT2D eigenvalue weighted by atomic mass is 35.5. The molecule has 1 spiro atoms. The molecule has 0 unspecified atom stereocenters. The van der Waals surface area contributed by atoms with E-state index in [-0.39, 0.29) is 23.7 Å². The number of ether oxygens (including phenoxy) is 4. The van der Waals surface area contributed by atoms with Gasteiger partial charge in [0.15, 0.2) is 11.5 Å². The minimum atomic E-state index is -1.11. The zero-order valence-corrected chi connectivity index (χ0v) is 17.6. The second-order valence-electron chi connectivity index (χ2n) is 8.05. The van der Waals surface area contributed by atoms with Crippen LogP contribution in [0.2, 0.25) is 0 Å². The molecule has 1 saturated carbocycles. The molecule has 0 aromatic rings. The fourth-order valence-electron chi connectivity index (χ4n) is 6.69. The van der Waals surface area contributed by atoms with Crippen molar-refractivity contribution in [3.63, 3.8) is 0 Å². The topological polar surface area (TPSA) is 74.3 Å². The Hall–Kier alpha value is -1.57. The molecule has 2 fully saturated rings. The summed E-state index contributed by atoms with van der Waals surface area (Å²) in [5.74, 6) is 0.807. The van der Waals surface area contributed by atoms with Crippen LogP contribution in [0.15, 0.2) is 23.4 Å². The molecule has 1 heterocycles. The number of nitrogens with zero attached hydrogens (tertiary/aromatic N) is 1. The summed E-state index contributed by atoms with van der Waals surface area (Å²) < 4.78 is 22.5. The largest absolute Gasteiger partial charge is 0.498 e. The molecule has 28 heavy (non-hydrogen) atoms. The number of likely N-dealkylation sites (tertiary alicyclic amines) is 1. The number of rotatable bonds is 4. The molecule has 154 valence electrons. The number of methoxy groups -OCH3 is 4. The average Bonchev–Trinajstić information content (AvgIpc) is 3.21. The zero-order chi connectivity index (χ0) is 20.5. The molecule has 3 aliphatic carbocycles. The first-order valence-electron chi connectivity index (χ1n) is 9.36. The van der Waals surface area contributed by atoms with Crippen LogP contribution in [0.1, 0.15) is 19.3 Å². The monoisotopic (exact) mass is 411 g/mol. The third-order valence-electron chi connectivity index (χ3n) is 7.61. The predicted molar refractivity (Wildman–Crippen MR) is 101 cm³/mol. The molecule has 5 atom stereocenters. The number of hydrogen-bond donors (Lipinski definition) is 0. The SMILES string of the molecule is COC1=CC(=O)[C@@]2([C@@H]1OC)[C@@H](Cl)C[C@@]13C(OC)=C(OC)C(=O)C[C@@]21CCN3C. The van der Waals surface area contributed by atoms with E-state index < -0.39 is 27.8 Å². The molecule has 4 rings (SSSR count). The summed E-state index contributed by atoms with van der Waals surface area (Å²) in [6, 6.07) is 0. The average molecular weight is 412 g/mol. The Morgan fingerprint density at radius 3 is 2.43 bits per heavy atom. The van der Waals surface area contributed by atoms with Gasteiger partial charge in [0.1, 0.15) is 11.9 Å². The van der Waals surface area contributed by atoms with Gasteiger partial charge in [-0.25, -0.2) is 0 Å². The Balaban J connectivity index is 2.05. The highest BCUT2D eigenvalue weighted by molar-refractivity contribution is 6.25. The predicted octanol–water partition coefficient (Wildman–Crippen LogP) is 1.65. The van der Waals surface area contributed by atoms with Crippen molar-refractivity contribution in [2.75, 3.05) is 42.0 Å². The minimum Gasteiger partial charge on any atom is -0.498 e. The minimum absolute atomic E-state index is 0.141. The van der Waals surface area contributed by atoms with E-state index in [0.29, 0.717) is 30.9 Å². The summed E-state index contributed by atoms with van der Waals surface area (Å²) in [6.45, 7) is 0.703. The van der Waals surface area contributed by atoms with Crippen LogP contribution in [0.4, 0.5) is 0 Å². The van der Waals surface area contributed by atoms with E-state index in [9.17, 15) is 9.59 Å². The number of carbonyl (C=O) groups excluding carboxylic acids is 2.